The van der Waals surface area contributed by atoms with Crippen LogP contribution in [-0.2, 0) is 9.59 Å². The largest absolute Gasteiger partial charge is 0.326 e. The number of carbonyl (C=O) groups is 3. The Morgan fingerprint density at radius 1 is 1.12 bits per heavy atom. The maximum Gasteiger partial charge on any atom is 0.316 e. The van der Waals surface area contributed by atoms with Gasteiger partial charge >= 0.3 is 6.43 Å². The van der Waals surface area contributed by atoms with E-state index >= 15 is 0 Å². The molecule has 13 heteroatoms. The number of hydrogen-bond acceptors (Lipinski definition) is 3. The average Bonchev–Trinajstić information content (AvgIpc) is 3.39. The van der Waals surface area contributed by atoms with Crippen LogP contribution in [0.2, 0.25) is 5.02 Å². The molecule has 2 N–H and O–H groups in total. The molecule has 0 spiro atoms. The highest BCUT2D eigenvalue weighted by atomic mass is 35.5. The second kappa shape index (κ2) is 9.36. The van der Waals surface area contributed by atoms with Crippen LogP contribution >= 0.6 is 34.8 Å². The Kier molecular flexibility index (Phi) is 7.11. The van der Waals surface area contributed by atoms with Gasteiger partial charge in [-0.1, -0.05) is 11.6 Å². The third-order valence-corrected chi connectivity index (χ3v) is 5.95. The normalized spacial score (nSPS) is 16.3. The first-order chi connectivity index (χ1) is 15.3. The molecule has 1 fully saturated rings. The quantitative estimate of drug-likeness (QED) is 0.400. The van der Waals surface area contributed by atoms with E-state index in [0.29, 0.717) is 6.07 Å². The SMILES string of the molecule is CN(C(=O)C(F)F)c1c(F)ccc(NC(=O)c2cc(NC(=O)C3CC3(Cl)Cl)ccc2Cl)c1F. The van der Waals surface area contributed by atoms with Crippen molar-refractivity contribution in [3.8, 4) is 0 Å². The van der Waals surface area contributed by atoms with Crippen molar-refractivity contribution in [1.82, 2.24) is 0 Å². The maximum atomic E-state index is 14.8. The van der Waals surface area contributed by atoms with Crippen molar-refractivity contribution in [1.29, 1.82) is 0 Å². The summed E-state index contributed by atoms with van der Waals surface area (Å²) in [5.41, 5.74) is -1.67. The van der Waals surface area contributed by atoms with E-state index in [4.69, 9.17) is 34.8 Å². The molecular formula is C20H14Cl3F4N3O3. The van der Waals surface area contributed by atoms with Crippen LogP contribution in [-0.4, -0.2) is 35.5 Å². The lowest BCUT2D eigenvalue weighted by atomic mass is 10.1. The molecule has 2 aromatic rings. The average molecular weight is 527 g/mol. The molecule has 1 aliphatic carbocycles. The topological polar surface area (TPSA) is 78.5 Å². The van der Waals surface area contributed by atoms with Crippen molar-refractivity contribution in [2.75, 3.05) is 22.6 Å². The Hall–Kier alpha value is -2.56. The third-order valence-electron chi connectivity index (χ3n) is 4.79. The highest BCUT2D eigenvalue weighted by Crippen LogP contribution is 2.53. The van der Waals surface area contributed by atoms with Crippen molar-refractivity contribution in [2.45, 2.75) is 17.2 Å². The smallest absolute Gasteiger partial charge is 0.316 e. The zero-order valence-electron chi connectivity index (χ0n) is 16.6. The van der Waals surface area contributed by atoms with Crippen molar-refractivity contribution in [3.05, 3.63) is 52.6 Å². The van der Waals surface area contributed by atoms with Gasteiger partial charge in [0.05, 0.1) is 22.2 Å². The summed E-state index contributed by atoms with van der Waals surface area (Å²) < 4.78 is 53.0. The summed E-state index contributed by atoms with van der Waals surface area (Å²) in [6.45, 7) is 0. The van der Waals surface area contributed by atoms with Gasteiger partial charge in [0.1, 0.15) is 15.8 Å². The Labute approximate surface area is 199 Å². The van der Waals surface area contributed by atoms with Crippen LogP contribution < -0.4 is 15.5 Å². The predicted molar refractivity (Wildman–Crippen MR) is 116 cm³/mol. The zero-order valence-corrected chi connectivity index (χ0v) is 18.8. The molecule has 0 saturated heterocycles. The fraction of sp³-hybridized carbons (Fsp3) is 0.250. The Morgan fingerprint density at radius 2 is 1.76 bits per heavy atom. The second-order valence-corrected chi connectivity index (χ2v) is 9.06. The molecule has 33 heavy (non-hydrogen) atoms. The number of rotatable bonds is 6. The van der Waals surface area contributed by atoms with Crippen LogP contribution in [0.5, 0.6) is 0 Å². The second-order valence-electron chi connectivity index (χ2n) is 7.11. The van der Waals surface area contributed by atoms with E-state index in [0.717, 1.165) is 13.1 Å². The highest BCUT2D eigenvalue weighted by molar-refractivity contribution is 6.52. The van der Waals surface area contributed by atoms with Gasteiger partial charge in [-0.05, 0) is 36.8 Å². The van der Waals surface area contributed by atoms with Crippen LogP contribution in [0.3, 0.4) is 0 Å². The molecule has 0 aromatic heterocycles. The van der Waals surface area contributed by atoms with Gasteiger partial charge in [-0.15, -0.1) is 23.2 Å². The number of alkyl halides is 4. The predicted octanol–water partition coefficient (Wildman–Crippen LogP) is 5.23. The summed E-state index contributed by atoms with van der Waals surface area (Å²) in [5, 5.41) is 4.61. The summed E-state index contributed by atoms with van der Waals surface area (Å²) in [6.07, 6.45) is -3.24. The number of halogens is 7. The van der Waals surface area contributed by atoms with E-state index in [9.17, 15) is 31.9 Å². The number of nitrogens with zero attached hydrogens (tertiary/aromatic N) is 1. The first-order valence-electron chi connectivity index (χ1n) is 9.16. The molecule has 2 aromatic carbocycles. The maximum absolute atomic E-state index is 14.8. The van der Waals surface area contributed by atoms with Crippen LogP contribution in [0.15, 0.2) is 30.3 Å². The molecule has 0 bridgehead atoms. The number of anilines is 3. The lowest BCUT2D eigenvalue weighted by molar-refractivity contribution is -0.128. The van der Waals surface area contributed by atoms with Gasteiger partial charge < -0.3 is 15.5 Å². The summed E-state index contributed by atoms with van der Waals surface area (Å²) in [6, 6.07) is 5.46. The van der Waals surface area contributed by atoms with Gasteiger partial charge in [0.25, 0.3) is 11.8 Å². The minimum Gasteiger partial charge on any atom is -0.326 e. The minimum absolute atomic E-state index is 0.0614. The first kappa shape index (κ1) is 25.1. The molecule has 3 rings (SSSR count). The van der Waals surface area contributed by atoms with Gasteiger partial charge in [-0.2, -0.15) is 8.78 Å². The van der Waals surface area contributed by atoms with E-state index in [1.807, 2.05) is 0 Å². The van der Waals surface area contributed by atoms with Crippen molar-refractivity contribution < 1.29 is 31.9 Å². The number of nitrogens with one attached hydrogen (secondary N) is 2. The molecular weight excluding hydrogens is 513 g/mol. The molecule has 0 radical (unpaired) electrons. The number of amides is 3. The van der Waals surface area contributed by atoms with E-state index in [2.05, 4.69) is 10.6 Å². The van der Waals surface area contributed by atoms with Crippen LogP contribution in [0.4, 0.5) is 34.6 Å². The molecule has 1 unspecified atom stereocenters. The summed E-state index contributed by atoms with van der Waals surface area (Å²) >= 11 is 17.7. The molecule has 1 saturated carbocycles. The number of hydrogen-bond donors (Lipinski definition) is 2. The monoisotopic (exact) mass is 525 g/mol. The van der Waals surface area contributed by atoms with E-state index in [1.165, 1.54) is 18.2 Å². The van der Waals surface area contributed by atoms with Crippen molar-refractivity contribution in [3.63, 3.8) is 0 Å². The highest BCUT2D eigenvalue weighted by Gasteiger charge is 2.56. The first-order valence-corrected chi connectivity index (χ1v) is 10.3. The van der Waals surface area contributed by atoms with Crippen molar-refractivity contribution >= 4 is 69.6 Å². The number of carbonyl (C=O) groups excluding carboxylic acids is 3. The molecule has 3 amide bonds. The lowest BCUT2D eigenvalue weighted by Crippen LogP contribution is -2.33. The standard InChI is InChI=1S/C20H14Cl3F4N3O3/c1-30(19(33)16(26)27)15-12(24)4-5-13(14(15)25)29-17(31)9-6-8(2-3-11(9)21)28-18(32)10-7-20(10,22)23/h2-6,10,16H,7H2,1H3,(H,28,32)(H,29,31). The molecule has 0 heterocycles. The van der Waals surface area contributed by atoms with Crippen molar-refractivity contribution in [2.24, 2.45) is 5.92 Å². The molecule has 176 valence electrons. The summed E-state index contributed by atoms with van der Waals surface area (Å²) in [4.78, 5) is 36.4. The summed E-state index contributed by atoms with van der Waals surface area (Å²) in [7, 11) is 0.765. The van der Waals surface area contributed by atoms with Crippen LogP contribution in [0.25, 0.3) is 0 Å². The number of benzene rings is 2. The van der Waals surface area contributed by atoms with E-state index < -0.39 is 57.4 Å². The molecule has 0 aliphatic heterocycles. The molecule has 1 atom stereocenters. The third kappa shape index (κ3) is 5.34. The van der Waals surface area contributed by atoms with Gasteiger partial charge in [-0.3, -0.25) is 14.4 Å². The minimum atomic E-state index is -3.50. The fourth-order valence-corrected chi connectivity index (χ4v) is 3.61. The Bertz CT molecular complexity index is 1150. The fourth-order valence-electron chi connectivity index (χ4n) is 2.90. The zero-order chi connectivity index (χ0) is 24.7. The summed E-state index contributed by atoms with van der Waals surface area (Å²) in [5.74, 6) is -6.64. The molecule has 1 aliphatic rings. The van der Waals surface area contributed by atoms with E-state index in [-0.39, 0.29) is 27.6 Å². The van der Waals surface area contributed by atoms with Crippen LogP contribution in [0, 0.1) is 17.6 Å². The van der Waals surface area contributed by atoms with Gasteiger partial charge in [0.2, 0.25) is 5.91 Å². The Morgan fingerprint density at radius 3 is 2.33 bits per heavy atom. The van der Waals surface area contributed by atoms with E-state index in [1.54, 1.807) is 0 Å². The van der Waals surface area contributed by atoms with Crippen LogP contribution in [0.1, 0.15) is 16.8 Å². The van der Waals surface area contributed by atoms with Gasteiger partial charge in [0, 0.05) is 12.7 Å². The molecule has 6 nitrogen and oxygen atoms in total. The Balaban J connectivity index is 1.83. The lowest BCUT2D eigenvalue weighted by Gasteiger charge is -2.20. The van der Waals surface area contributed by atoms with Gasteiger partial charge in [0.15, 0.2) is 5.82 Å². The van der Waals surface area contributed by atoms with Gasteiger partial charge in [-0.25, -0.2) is 8.78 Å².